The molecule has 0 unspecified atom stereocenters. The molecule has 0 aromatic carbocycles. The third-order valence-electron chi connectivity index (χ3n) is 2.80. The van der Waals surface area contributed by atoms with Gasteiger partial charge in [0, 0.05) is 0 Å². The van der Waals surface area contributed by atoms with Gasteiger partial charge in [0.15, 0.2) is 0 Å². The number of esters is 1. The second-order valence-corrected chi connectivity index (χ2v) is 3.78. The van der Waals surface area contributed by atoms with Crippen molar-refractivity contribution in [3.63, 3.8) is 0 Å². The highest BCUT2D eigenvalue weighted by Crippen LogP contribution is 2.18. The molecule has 1 aliphatic rings. The van der Waals surface area contributed by atoms with E-state index < -0.39 is 0 Å². The van der Waals surface area contributed by atoms with Crippen LogP contribution in [-0.2, 0) is 9.53 Å². The Bertz CT molecular complexity index is 186. The largest absolute Gasteiger partial charge is 0.469 e. The summed E-state index contributed by atoms with van der Waals surface area (Å²) in [6.07, 6.45) is 2.90. The number of carbonyl (C=O) groups excluding carboxylic acids is 1. The summed E-state index contributed by atoms with van der Waals surface area (Å²) >= 11 is 0. The summed E-state index contributed by atoms with van der Waals surface area (Å²) < 4.78 is 4.73. The SMILES string of the molecule is COC(=O)C1CCN(CCCN)CC1.Cl.Cl. The van der Waals surface area contributed by atoms with Gasteiger partial charge in [-0.3, -0.25) is 4.79 Å². The first-order valence-electron chi connectivity index (χ1n) is 5.28. The van der Waals surface area contributed by atoms with E-state index in [-0.39, 0.29) is 36.7 Å². The van der Waals surface area contributed by atoms with Crippen LogP contribution in [-0.4, -0.2) is 44.2 Å². The molecule has 2 N–H and O–H groups in total. The molecule has 0 atom stereocenters. The first-order valence-corrected chi connectivity index (χ1v) is 5.28. The van der Waals surface area contributed by atoms with Crippen LogP contribution in [0.4, 0.5) is 0 Å². The standard InChI is InChI=1S/C10H20N2O2.2ClH/c1-14-10(13)9-3-7-12(8-4-9)6-2-5-11;;/h9H,2-8,11H2,1H3;2*1H. The average Bonchev–Trinajstić information content (AvgIpc) is 2.26. The van der Waals surface area contributed by atoms with Crippen molar-refractivity contribution < 1.29 is 9.53 Å². The summed E-state index contributed by atoms with van der Waals surface area (Å²) in [5, 5.41) is 0. The summed E-state index contributed by atoms with van der Waals surface area (Å²) in [5.41, 5.74) is 5.44. The molecule has 1 aliphatic heterocycles. The number of hydrogen-bond donors (Lipinski definition) is 1. The van der Waals surface area contributed by atoms with Gasteiger partial charge in [-0.05, 0) is 45.4 Å². The molecule has 1 fully saturated rings. The van der Waals surface area contributed by atoms with E-state index in [0.717, 1.165) is 45.4 Å². The quantitative estimate of drug-likeness (QED) is 0.778. The Balaban J connectivity index is 0. The topological polar surface area (TPSA) is 55.6 Å². The smallest absolute Gasteiger partial charge is 0.308 e. The molecule has 0 aromatic heterocycles. The van der Waals surface area contributed by atoms with Crippen LogP contribution in [0.1, 0.15) is 19.3 Å². The van der Waals surface area contributed by atoms with Crippen LogP contribution >= 0.6 is 24.8 Å². The second kappa shape index (κ2) is 10.1. The fourth-order valence-corrected chi connectivity index (χ4v) is 1.87. The Morgan fingerprint density at radius 2 is 1.94 bits per heavy atom. The Morgan fingerprint density at radius 3 is 2.38 bits per heavy atom. The van der Waals surface area contributed by atoms with Crippen molar-refractivity contribution in [2.24, 2.45) is 11.7 Å². The van der Waals surface area contributed by atoms with Gasteiger partial charge in [-0.2, -0.15) is 0 Å². The lowest BCUT2D eigenvalue weighted by Gasteiger charge is -2.30. The minimum atomic E-state index is -0.0523. The lowest BCUT2D eigenvalue weighted by molar-refractivity contribution is -0.147. The summed E-state index contributed by atoms with van der Waals surface area (Å²) in [5.74, 6) is 0.0672. The Kier molecular flexibility index (Phi) is 11.6. The number of hydrogen-bond acceptors (Lipinski definition) is 4. The minimum absolute atomic E-state index is 0. The average molecular weight is 273 g/mol. The van der Waals surface area contributed by atoms with Crippen molar-refractivity contribution in [2.75, 3.05) is 33.3 Å². The Morgan fingerprint density at radius 1 is 1.38 bits per heavy atom. The predicted octanol–water partition coefficient (Wildman–Crippen LogP) is 1.06. The van der Waals surface area contributed by atoms with Gasteiger partial charge in [0.25, 0.3) is 0 Å². The first-order chi connectivity index (χ1) is 6.77. The maximum atomic E-state index is 11.2. The molecule has 1 heterocycles. The third kappa shape index (κ3) is 5.89. The van der Waals surface area contributed by atoms with Crippen LogP contribution in [0.25, 0.3) is 0 Å². The van der Waals surface area contributed by atoms with Gasteiger partial charge in [-0.15, -0.1) is 24.8 Å². The first kappa shape index (κ1) is 18.3. The van der Waals surface area contributed by atoms with Crippen LogP contribution in [0.3, 0.4) is 0 Å². The number of rotatable bonds is 4. The van der Waals surface area contributed by atoms with E-state index >= 15 is 0 Å². The zero-order valence-electron chi connectivity index (χ0n) is 9.68. The number of nitrogens with zero attached hydrogens (tertiary/aromatic N) is 1. The molecule has 0 radical (unpaired) electrons. The monoisotopic (exact) mass is 272 g/mol. The van der Waals surface area contributed by atoms with Crippen LogP contribution in [0.5, 0.6) is 0 Å². The van der Waals surface area contributed by atoms with E-state index in [1.165, 1.54) is 7.11 Å². The lowest BCUT2D eigenvalue weighted by atomic mass is 9.97. The molecular formula is C10H22Cl2N2O2. The van der Waals surface area contributed by atoms with Crippen molar-refractivity contribution in [2.45, 2.75) is 19.3 Å². The Hall–Kier alpha value is -0.0300. The molecule has 0 aromatic rings. The number of methoxy groups -OCH3 is 1. The maximum absolute atomic E-state index is 11.2. The maximum Gasteiger partial charge on any atom is 0.308 e. The Labute approximate surface area is 110 Å². The van der Waals surface area contributed by atoms with Crippen molar-refractivity contribution in [1.82, 2.24) is 4.90 Å². The number of carbonyl (C=O) groups is 1. The van der Waals surface area contributed by atoms with E-state index in [2.05, 4.69) is 4.90 Å². The summed E-state index contributed by atoms with van der Waals surface area (Å²) in [6, 6.07) is 0. The van der Waals surface area contributed by atoms with Crippen molar-refractivity contribution in [1.29, 1.82) is 0 Å². The van der Waals surface area contributed by atoms with E-state index in [0.29, 0.717) is 0 Å². The zero-order valence-corrected chi connectivity index (χ0v) is 11.3. The summed E-state index contributed by atoms with van der Waals surface area (Å²) in [6.45, 7) is 3.81. The van der Waals surface area contributed by atoms with Crippen molar-refractivity contribution >= 4 is 30.8 Å². The van der Waals surface area contributed by atoms with Gasteiger partial charge in [0.2, 0.25) is 0 Å². The van der Waals surface area contributed by atoms with Gasteiger partial charge in [-0.25, -0.2) is 0 Å². The number of nitrogens with two attached hydrogens (primary N) is 1. The summed E-state index contributed by atoms with van der Waals surface area (Å²) in [4.78, 5) is 13.6. The zero-order chi connectivity index (χ0) is 10.4. The molecule has 1 rings (SSSR count). The van der Waals surface area contributed by atoms with E-state index in [1.54, 1.807) is 0 Å². The van der Waals surface area contributed by atoms with Gasteiger partial charge >= 0.3 is 5.97 Å². The fraction of sp³-hybridized carbons (Fsp3) is 0.900. The van der Waals surface area contributed by atoms with Crippen molar-refractivity contribution in [3.8, 4) is 0 Å². The molecular weight excluding hydrogens is 251 g/mol. The van der Waals surface area contributed by atoms with Gasteiger partial charge in [0.1, 0.15) is 0 Å². The van der Waals surface area contributed by atoms with E-state index in [1.807, 2.05) is 0 Å². The van der Waals surface area contributed by atoms with Crippen LogP contribution in [0.2, 0.25) is 0 Å². The van der Waals surface area contributed by atoms with Gasteiger partial charge < -0.3 is 15.4 Å². The highest BCUT2D eigenvalue weighted by Gasteiger charge is 2.24. The van der Waals surface area contributed by atoms with Gasteiger partial charge in [0.05, 0.1) is 13.0 Å². The van der Waals surface area contributed by atoms with Crippen LogP contribution in [0.15, 0.2) is 0 Å². The normalized spacial score (nSPS) is 17.1. The predicted molar refractivity (Wildman–Crippen MR) is 69.3 cm³/mol. The van der Waals surface area contributed by atoms with Crippen LogP contribution < -0.4 is 5.73 Å². The third-order valence-corrected chi connectivity index (χ3v) is 2.80. The van der Waals surface area contributed by atoms with Gasteiger partial charge in [-0.1, -0.05) is 0 Å². The number of likely N-dealkylation sites (tertiary alicyclic amines) is 1. The summed E-state index contributed by atoms with van der Waals surface area (Å²) in [7, 11) is 1.46. The number of piperidine rings is 1. The number of halogens is 2. The van der Waals surface area contributed by atoms with E-state index in [9.17, 15) is 4.79 Å². The molecule has 0 bridgehead atoms. The highest BCUT2D eigenvalue weighted by atomic mass is 35.5. The minimum Gasteiger partial charge on any atom is -0.469 e. The molecule has 1 saturated heterocycles. The molecule has 0 spiro atoms. The molecule has 0 aliphatic carbocycles. The fourth-order valence-electron chi connectivity index (χ4n) is 1.87. The number of ether oxygens (including phenoxy) is 1. The van der Waals surface area contributed by atoms with Crippen molar-refractivity contribution in [3.05, 3.63) is 0 Å². The van der Waals surface area contributed by atoms with Crippen LogP contribution in [0, 0.1) is 5.92 Å². The highest BCUT2D eigenvalue weighted by molar-refractivity contribution is 5.85. The molecule has 0 amide bonds. The second-order valence-electron chi connectivity index (χ2n) is 3.78. The molecule has 6 heteroatoms. The van der Waals surface area contributed by atoms with E-state index in [4.69, 9.17) is 10.5 Å². The molecule has 0 saturated carbocycles. The molecule has 4 nitrogen and oxygen atoms in total. The molecule has 16 heavy (non-hydrogen) atoms. The lowest BCUT2D eigenvalue weighted by Crippen LogP contribution is -2.37. The molecule has 98 valence electrons.